The van der Waals surface area contributed by atoms with E-state index in [2.05, 4.69) is 41.7 Å². The highest BCUT2D eigenvalue weighted by Crippen LogP contribution is 2.57. The van der Waals surface area contributed by atoms with E-state index >= 15 is 0 Å². The van der Waals surface area contributed by atoms with Crippen LogP contribution < -0.4 is 21.2 Å². The number of rotatable bonds is 9. The van der Waals surface area contributed by atoms with Crippen LogP contribution in [0.2, 0.25) is 0 Å². The first kappa shape index (κ1) is 26.1. The second kappa shape index (κ2) is 12.3. The van der Waals surface area contributed by atoms with Gasteiger partial charge in [-0.15, -0.1) is 0 Å². The fourth-order valence-electron chi connectivity index (χ4n) is 4.46. The number of carbonyl (C=O) groups excluding carboxylic acids is 2. The first-order valence-electron chi connectivity index (χ1n) is 12.5. The molecule has 0 bridgehead atoms. The summed E-state index contributed by atoms with van der Waals surface area (Å²) in [4.78, 5) is 29.0. The van der Waals surface area contributed by atoms with Gasteiger partial charge >= 0.3 is 0 Å². The summed E-state index contributed by atoms with van der Waals surface area (Å²) in [6.07, 6.45) is 0. The van der Waals surface area contributed by atoms with Crippen molar-refractivity contribution in [2.75, 3.05) is 13.1 Å². The average molecular weight is 508 g/mol. The molecule has 0 atom stereocenters. The molecule has 0 saturated carbocycles. The molecule has 0 radical (unpaired) electrons. The topological polar surface area (TPSA) is 49.4 Å². The number of likely N-dealkylation sites (N-methyl/N-ethyl adjacent to an activating group) is 1. The zero-order chi connectivity index (χ0) is 26.1. The van der Waals surface area contributed by atoms with Crippen molar-refractivity contribution in [1.82, 2.24) is 10.2 Å². The molecular weight excluding hydrogens is 475 g/mol. The third kappa shape index (κ3) is 5.71. The van der Waals surface area contributed by atoms with Crippen molar-refractivity contribution in [2.24, 2.45) is 0 Å². The van der Waals surface area contributed by atoms with Crippen LogP contribution in [-0.4, -0.2) is 29.8 Å². The summed E-state index contributed by atoms with van der Waals surface area (Å²) in [6, 6.07) is 39.8. The quantitative estimate of drug-likeness (QED) is 0.253. The number of nitrogens with zero attached hydrogens (tertiary/aromatic N) is 1. The maximum atomic E-state index is 13.9. The Balaban J connectivity index is 2.00. The van der Waals surface area contributed by atoms with Crippen LogP contribution in [0, 0.1) is 0 Å². The Bertz CT molecular complexity index is 1240. The van der Waals surface area contributed by atoms with E-state index in [1.165, 1.54) is 0 Å². The predicted octanol–water partition coefficient (Wildman–Crippen LogP) is 5.12. The Hall–Kier alpha value is -4.01. The second-order valence-corrected chi connectivity index (χ2v) is 11.8. The monoisotopic (exact) mass is 507 g/mol. The zero-order valence-corrected chi connectivity index (χ0v) is 22.1. The molecule has 0 fully saturated rings. The van der Waals surface area contributed by atoms with Crippen molar-refractivity contribution < 1.29 is 9.59 Å². The Morgan fingerprint density at radius 2 is 1.03 bits per heavy atom. The molecule has 4 aromatic carbocycles. The van der Waals surface area contributed by atoms with Gasteiger partial charge in [0.2, 0.25) is 0 Å². The van der Waals surface area contributed by atoms with Gasteiger partial charge in [0.15, 0.2) is 0 Å². The summed E-state index contributed by atoms with van der Waals surface area (Å²) in [5.41, 5.74) is 0.797. The highest BCUT2D eigenvalue weighted by atomic mass is 31.2. The molecular formula is C32H32N2O2P+. The number of benzene rings is 4. The van der Waals surface area contributed by atoms with Gasteiger partial charge in [0.25, 0.3) is 11.8 Å². The van der Waals surface area contributed by atoms with Crippen molar-refractivity contribution >= 4 is 35.0 Å². The maximum Gasteiger partial charge on any atom is 0.273 e. The summed E-state index contributed by atoms with van der Waals surface area (Å²) in [7, 11) is -2.50. The van der Waals surface area contributed by atoms with Gasteiger partial charge in [0.05, 0.1) is 0 Å². The summed E-state index contributed by atoms with van der Waals surface area (Å²) < 4.78 is 0. The molecule has 4 aromatic rings. The summed E-state index contributed by atoms with van der Waals surface area (Å²) in [5, 5.41) is 6.31. The van der Waals surface area contributed by atoms with E-state index in [1.807, 2.05) is 92.5 Å². The molecule has 0 spiro atoms. The van der Waals surface area contributed by atoms with Crippen molar-refractivity contribution in [3.63, 3.8) is 0 Å². The minimum absolute atomic E-state index is 0.193. The number of amides is 2. The van der Waals surface area contributed by atoms with Crippen LogP contribution in [0.3, 0.4) is 0 Å². The van der Waals surface area contributed by atoms with Crippen LogP contribution in [0.15, 0.2) is 133 Å². The zero-order valence-electron chi connectivity index (χ0n) is 21.2. The van der Waals surface area contributed by atoms with E-state index < -0.39 is 7.26 Å². The predicted molar refractivity (Wildman–Crippen MR) is 155 cm³/mol. The largest absolute Gasteiger partial charge is 0.338 e. The van der Waals surface area contributed by atoms with Gasteiger partial charge in [-0.1, -0.05) is 72.8 Å². The molecule has 2 amide bonds. The van der Waals surface area contributed by atoms with Crippen LogP contribution >= 0.6 is 7.26 Å². The third-order valence-electron chi connectivity index (χ3n) is 6.38. The minimum Gasteiger partial charge on any atom is -0.338 e. The van der Waals surface area contributed by atoms with Crippen LogP contribution in [0.1, 0.15) is 24.2 Å². The molecule has 4 rings (SSSR count). The van der Waals surface area contributed by atoms with Gasteiger partial charge in [-0.2, -0.15) is 0 Å². The Morgan fingerprint density at radius 3 is 1.41 bits per heavy atom. The number of hydrogen-bond donors (Lipinski definition) is 1. The molecule has 1 N–H and O–H groups in total. The van der Waals surface area contributed by atoms with Gasteiger partial charge < -0.3 is 10.2 Å². The average Bonchev–Trinajstić information content (AvgIpc) is 2.97. The third-order valence-corrected chi connectivity index (χ3v) is 10.4. The summed E-state index contributed by atoms with van der Waals surface area (Å²) in [6.45, 7) is 4.99. The fraction of sp³-hybridized carbons (Fsp3) is 0.125. The molecule has 0 saturated heterocycles. The van der Waals surface area contributed by atoms with Crippen LogP contribution in [0.5, 0.6) is 0 Å². The van der Waals surface area contributed by atoms with Gasteiger partial charge in [0.1, 0.15) is 34.7 Å². The van der Waals surface area contributed by atoms with E-state index in [0.29, 0.717) is 24.4 Å². The van der Waals surface area contributed by atoms with Crippen LogP contribution in [-0.2, 0) is 4.79 Å². The Morgan fingerprint density at radius 1 is 0.649 bits per heavy atom. The van der Waals surface area contributed by atoms with E-state index in [9.17, 15) is 9.59 Å². The Kier molecular flexibility index (Phi) is 8.66. The smallest absolute Gasteiger partial charge is 0.273 e. The minimum atomic E-state index is -2.50. The fourth-order valence-corrected chi connectivity index (χ4v) is 8.29. The van der Waals surface area contributed by atoms with E-state index in [1.54, 1.807) is 17.0 Å². The van der Waals surface area contributed by atoms with Gasteiger partial charge in [-0.05, 0) is 62.4 Å². The van der Waals surface area contributed by atoms with Crippen LogP contribution in [0.4, 0.5) is 0 Å². The maximum absolute atomic E-state index is 13.9. The summed E-state index contributed by atoms with van der Waals surface area (Å²) >= 11 is 0. The lowest BCUT2D eigenvalue weighted by Gasteiger charge is -2.27. The molecule has 0 aromatic heterocycles. The summed E-state index contributed by atoms with van der Waals surface area (Å²) in [5.74, 6) is 1.54. The Labute approximate surface area is 220 Å². The van der Waals surface area contributed by atoms with E-state index in [0.717, 1.165) is 15.9 Å². The molecule has 37 heavy (non-hydrogen) atoms. The molecule has 4 nitrogen and oxygen atoms in total. The number of nitrogens with one attached hydrogen (secondary N) is 1. The first-order valence-corrected chi connectivity index (χ1v) is 14.4. The highest BCUT2D eigenvalue weighted by Gasteiger charge is 2.45. The normalized spacial score (nSPS) is 11.6. The lowest BCUT2D eigenvalue weighted by atomic mass is 10.2. The molecule has 0 unspecified atom stereocenters. The van der Waals surface area contributed by atoms with E-state index in [4.69, 9.17) is 0 Å². The second-order valence-electron chi connectivity index (χ2n) is 8.57. The van der Waals surface area contributed by atoms with E-state index in [-0.39, 0.29) is 11.8 Å². The van der Waals surface area contributed by atoms with Gasteiger partial charge in [-0.25, -0.2) is 0 Å². The van der Waals surface area contributed by atoms with Crippen molar-refractivity contribution in [3.05, 3.63) is 138 Å². The lowest BCUT2D eigenvalue weighted by molar-refractivity contribution is -0.127. The molecule has 0 heterocycles. The lowest BCUT2D eigenvalue weighted by Crippen LogP contribution is -2.39. The van der Waals surface area contributed by atoms with Crippen LogP contribution in [0.25, 0.3) is 0 Å². The van der Waals surface area contributed by atoms with Gasteiger partial charge in [0, 0.05) is 18.7 Å². The van der Waals surface area contributed by atoms with Crippen molar-refractivity contribution in [1.29, 1.82) is 0 Å². The first-order chi connectivity index (χ1) is 18.1. The molecule has 186 valence electrons. The van der Waals surface area contributed by atoms with Crippen molar-refractivity contribution in [3.8, 4) is 0 Å². The number of hydrogen-bond acceptors (Lipinski definition) is 2. The molecule has 5 heteroatoms. The SMILES string of the molecule is CCN(CC)C(=O)/C(=C/[P+](c1ccccc1)(c1ccccc1)c1ccccc1)NC(=O)c1ccccc1. The van der Waals surface area contributed by atoms with Crippen molar-refractivity contribution in [2.45, 2.75) is 13.8 Å². The molecule has 0 aliphatic heterocycles. The standard InChI is InChI=1S/C32H31N2O2P/c1-3-34(4-2)32(36)30(33-31(35)26-17-9-5-10-18-26)25-37(27-19-11-6-12-20-27,28-21-13-7-14-22-28)29-23-15-8-16-24-29/h5-25H,3-4H2,1-2H3/p+1/b30-25-. The van der Waals surface area contributed by atoms with Gasteiger partial charge in [-0.3, -0.25) is 9.59 Å². The molecule has 0 aliphatic rings. The highest BCUT2D eigenvalue weighted by molar-refractivity contribution is 7.98. The number of carbonyl (C=O) groups is 2. The molecule has 0 aliphatic carbocycles.